The number of benzene rings is 1. The van der Waals surface area contributed by atoms with E-state index in [0.717, 1.165) is 63.4 Å². The molecule has 0 unspecified atom stereocenters. The molecule has 0 heterocycles. The van der Waals surface area contributed by atoms with E-state index in [1.54, 1.807) is 26.8 Å². The minimum atomic E-state index is -3.05. The van der Waals surface area contributed by atoms with E-state index in [9.17, 15) is 27.9 Å². The number of methoxy groups -OCH3 is 1. The van der Waals surface area contributed by atoms with Crippen LogP contribution in [0.15, 0.2) is 36.4 Å². The van der Waals surface area contributed by atoms with E-state index in [2.05, 4.69) is 24.5 Å². The van der Waals surface area contributed by atoms with E-state index >= 15 is 0 Å². The third-order valence-corrected chi connectivity index (χ3v) is 10.2. The molecule has 51 heavy (non-hydrogen) atoms. The second-order valence-corrected chi connectivity index (χ2v) is 16.6. The molecule has 3 N–H and O–H groups in total. The van der Waals surface area contributed by atoms with Crippen molar-refractivity contribution in [1.82, 2.24) is 10.6 Å². The van der Waals surface area contributed by atoms with Crippen LogP contribution in [0.25, 0.3) is 0 Å². The number of unbranched alkanes of at least 4 members (excludes halogenated alkanes) is 9. The van der Waals surface area contributed by atoms with Crippen LogP contribution in [0.4, 0.5) is 0 Å². The average molecular weight is 739 g/mol. The zero-order valence-corrected chi connectivity index (χ0v) is 33.1. The lowest BCUT2D eigenvalue weighted by Gasteiger charge is -2.34. The number of rotatable bonds is 27. The number of sulfone groups is 1. The molecule has 0 saturated carbocycles. The Bertz CT molecular complexity index is 1290. The van der Waals surface area contributed by atoms with E-state index in [1.807, 2.05) is 24.3 Å². The monoisotopic (exact) mass is 738 g/mol. The number of esters is 1. The lowest BCUT2D eigenvalue weighted by atomic mass is 9.85. The molecule has 0 saturated heterocycles. The highest BCUT2D eigenvalue weighted by molar-refractivity contribution is 7.91. The summed E-state index contributed by atoms with van der Waals surface area (Å²) in [7, 11) is -0.274. The van der Waals surface area contributed by atoms with E-state index < -0.39 is 57.4 Å². The topological polar surface area (TPSA) is 157 Å². The maximum Gasteiger partial charge on any atom is 0.342 e. The van der Waals surface area contributed by atoms with Crippen molar-refractivity contribution in [2.45, 2.75) is 135 Å². The smallest absolute Gasteiger partial charge is 0.342 e. The van der Waals surface area contributed by atoms with Crippen LogP contribution in [-0.4, -0.2) is 87.4 Å². The van der Waals surface area contributed by atoms with Gasteiger partial charge in [-0.15, -0.1) is 0 Å². The van der Waals surface area contributed by atoms with Crippen LogP contribution in [0.2, 0.25) is 0 Å². The van der Waals surface area contributed by atoms with Crippen LogP contribution in [0.3, 0.4) is 0 Å². The van der Waals surface area contributed by atoms with Crippen LogP contribution < -0.4 is 15.4 Å². The zero-order valence-electron chi connectivity index (χ0n) is 32.3. The lowest BCUT2D eigenvalue weighted by Crippen LogP contribution is -2.58. The molecule has 0 aromatic heterocycles. The summed E-state index contributed by atoms with van der Waals surface area (Å²) in [5.41, 5.74) is -2.57. The summed E-state index contributed by atoms with van der Waals surface area (Å²) in [6.45, 7) is 9.26. The zero-order chi connectivity index (χ0) is 38.3. The number of hydrogen-bond acceptors (Lipinski definition) is 9. The average Bonchev–Trinajstić information content (AvgIpc) is 3.06. The molecule has 11 nitrogen and oxygen atoms in total. The highest BCUT2D eigenvalue weighted by Gasteiger charge is 2.50. The summed E-state index contributed by atoms with van der Waals surface area (Å²) in [5, 5.41) is 17.1. The van der Waals surface area contributed by atoms with Gasteiger partial charge in [-0.1, -0.05) is 83.1 Å². The van der Waals surface area contributed by atoms with Gasteiger partial charge >= 0.3 is 5.97 Å². The molecular formula is C39H66N2O9S. The first kappa shape index (κ1) is 46.1. The molecule has 2 amide bonds. The molecule has 0 spiro atoms. The first-order valence-corrected chi connectivity index (χ1v) is 20.5. The number of carbonyl (C=O) groups excluding carboxylic acids is 3. The first-order valence-electron chi connectivity index (χ1n) is 18.7. The molecule has 0 bridgehead atoms. The van der Waals surface area contributed by atoms with Gasteiger partial charge < -0.3 is 30.0 Å². The molecule has 0 fully saturated rings. The Kier molecular flexibility index (Phi) is 22.0. The summed E-state index contributed by atoms with van der Waals surface area (Å²) in [5.74, 6) is -2.53. The molecule has 1 aromatic carbocycles. The predicted molar refractivity (Wildman–Crippen MR) is 202 cm³/mol. The van der Waals surface area contributed by atoms with Crippen molar-refractivity contribution in [1.29, 1.82) is 0 Å². The standard InChI is InChI=1S/C39H66N2O9S/c1-8-10-12-16-19-27-51(46,47)28-20-17-14-13-15-18-21-33(39(45,30-48-7)37(44)50-38(3,4)5)35(42)41-34(36(43)40-6)29-31-22-24-32(25-23-31)49-26-11-9-2/h18,21-25,33-34,45H,8-17,19-20,26-30H2,1-7H3,(H,40,43)(H,41,42)/b21-18+/t33-,34+,39+/m1/s1. The van der Waals surface area contributed by atoms with Gasteiger partial charge in [0.15, 0.2) is 0 Å². The minimum absolute atomic E-state index is 0.154. The number of likely N-dealkylation sites (N-methyl/N-ethyl adjacent to an activating group) is 1. The predicted octanol–water partition coefficient (Wildman–Crippen LogP) is 5.87. The fourth-order valence-electron chi connectivity index (χ4n) is 5.46. The minimum Gasteiger partial charge on any atom is -0.494 e. The Labute approximate surface area is 307 Å². The third-order valence-electron chi connectivity index (χ3n) is 8.39. The molecule has 0 aliphatic heterocycles. The van der Waals surface area contributed by atoms with Crippen LogP contribution in [0.1, 0.15) is 117 Å². The Morgan fingerprint density at radius 2 is 1.45 bits per heavy atom. The number of nitrogens with one attached hydrogen (secondary N) is 2. The van der Waals surface area contributed by atoms with Gasteiger partial charge in [0.05, 0.1) is 30.6 Å². The molecule has 0 aliphatic rings. The number of hydrogen-bond donors (Lipinski definition) is 3. The SMILES string of the molecule is CCCCCCCS(=O)(=O)CCCCCC/C=C/[C@H](C(=O)N[C@@H](Cc1ccc(OCCCC)cc1)C(=O)NC)[C@@](O)(COC)C(=O)OC(C)(C)C. The van der Waals surface area contributed by atoms with Gasteiger partial charge in [-0.3, -0.25) is 9.59 Å². The molecule has 1 rings (SSSR count). The van der Waals surface area contributed by atoms with Crippen molar-refractivity contribution in [3.63, 3.8) is 0 Å². The largest absolute Gasteiger partial charge is 0.494 e. The highest BCUT2D eigenvalue weighted by atomic mass is 32.2. The van der Waals surface area contributed by atoms with Crippen molar-refractivity contribution in [2.75, 3.05) is 38.9 Å². The maximum atomic E-state index is 13.9. The number of amides is 2. The number of allylic oxidation sites excluding steroid dienone is 1. The van der Waals surface area contributed by atoms with Crippen molar-refractivity contribution >= 4 is 27.6 Å². The van der Waals surface area contributed by atoms with E-state index in [0.29, 0.717) is 31.6 Å². The van der Waals surface area contributed by atoms with Gasteiger partial charge in [0, 0.05) is 20.6 Å². The van der Waals surface area contributed by atoms with E-state index in [1.165, 1.54) is 20.2 Å². The van der Waals surface area contributed by atoms with Crippen molar-refractivity contribution in [3.8, 4) is 5.75 Å². The van der Waals surface area contributed by atoms with Gasteiger partial charge in [0.1, 0.15) is 27.2 Å². The lowest BCUT2D eigenvalue weighted by molar-refractivity contribution is -0.189. The van der Waals surface area contributed by atoms with Crippen molar-refractivity contribution < 1.29 is 42.1 Å². The summed E-state index contributed by atoms with van der Waals surface area (Å²) in [4.78, 5) is 40.3. The summed E-state index contributed by atoms with van der Waals surface area (Å²) in [6.07, 6.45) is 13.6. The van der Waals surface area contributed by atoms with Gasteiger partial charge in [0.2, 0.25) is 17.4 Å². The molecule has 292 valence electrons. The molecule has 3 atom stereocenters. The highest BCUT2D eigenvalue weighted by Crippen LogP contribution is 2.26. The Morgan fingerprint density at radius 1 is 0.863 bits per heavy atom. The number of aliphatic hydroxyl groups is 1. The van der Waals surface area contributed by atoms with Gasteiger partial charge in [-0.2, -0.15) is 0 Å². The van der Waals surface area contributed by atoms with Crippen LogP contribution in [0, 0.1) is 5.92 Å². The van der Waals surface area contributed by atoms with Gasteiger partial charge in [-0.05, 0) is 70.6 Å². The summed E-state index contributed by atoms with van der Waals surface area (Å²) < 4.78 is 41.2. The summed E-state index contributed by atoms with van der Waals surface area (Å²) in [6, 6.07) is 6.27. The molecule has 0 aliphatic carbocycles. The molecular weight excluding hydrogens is 673 g/mol. The normalized spacial score (nSPS) is 14.4. The van der Waals surface area contributed by atoms with Crippen LogP contribution in [-0.2, 0) is 40.1 Å². The van der Waals surface area contributed by atoms with E-state index in [-0.39, 0.29) is 17.9 Å². The molecule has 1 aromatic rings. The second kappa shape index (κ2) is 24.3. The maximum absolute atomic E-state index is 13.9. The van der Waals surface area contributed by atoms with Gasteiger partial charge in [-0.25, -0.2) is 13.2 Å². The number of ether oxygens (including phenoxy) is 3. The Balaban J connectivity index is 3.05. The fraction of sp³-hybridized carbons (Fsp3) is 0.718. The second-order valence-electron chi connectivity index (χ2n) is 14.3. The summed E-state index contributed by atoms with van der Waals surface area (Å²) >= 11 is 0. The van der Waals surface area contributed by atoms with Gasteiger partial charge in [0.25, 0.3) is 0 Å². The van der Waals surface area contributed by atoms with Crippen molar-refractivity contribution in [3.05, 3.63) is 42.0 Å². The number of carbonyl (C=O) groups is 3. The quantitative estimate of drug-likeness (QED) is 0.0571. The molecule has 12 heteroatoms. The molecule has 0 radical (unpaired) electrons. The Hall–Kier alpha value is -2.96. The Morgan fingerprint density at radius 3 is 2.00 bits per heavy atom. The fourth-order valence-corrected chi connectivity index (χ4v) is 6.95. The third kappa shape index (κ3) is 18.9. The first-order chi connectivity index (χ1) is 24.1. The van der Waals surface area contributed by atoms with Crippen LogP contribution >= 0.6 is 0 Å². The van der Waals surface area contributed by atoms with Crippen LogP contribution in [0.5, 0.6) is 5.75 Å². The van der Waals surface area contributed by atoms with Crippen molar-refractivity contribution in [2.24, 2.45) is 5.92 Å². The van der Waals surface area contributed by atoms with E-state index in [4.69, 9.17) is 14.2 Å².